The Morgan fingerprint density at radius 2 is 1.50 bits per heavy atom. The Hall–Kier alpha value is -3.34. The molecule has 3 rings (SSSR count). The largest absolute Gasteiger partial charge is 0.469 e. The summed E-state index contributed by atoms with van der Waals surface area (Å²) >= 11 is 0. The maximum Gasteiger partial charge on any atom is 0.305 e. The molecule has 0 unspecified atom stereocenters. The Morgan fingerprint density at radius 3 is 2.00 bits per heavy atom. The van der Waals surface area contributed by atoms with Crippen molar-refractivity contribution in [2.75, 3.05) is 7.11 Å². The minimum Gasteiger partial charge on any atom is -0.469 e. The third-order valence-electron chi connectivity index (χ3n) is 4.17. The summed E-state index contributed by atoms with van der Waals surface area (Å²) in [5, 5.41) is 7.44. The number of esters is 1. The van der Waals surface area contributed by atoms with Crippen LogP contribution in [0.15, 0.2) is 65.1 Å². The Kier molecular flexibility index (Phi) is 5.17. The molecular formula is C21H20N2O3. The second-order valence-corrected chi connectivity index (χ2v) is 5.93. The van der Waals surface area contributed by atoms with Gasteiger partial charge in [0.2, 0.25) is 0 Å². The number of hydrogen-bond acceptors (Lipinski definition) is 4. The molecule has 26 heavy (non-hydrogen) atoms. The highest BCUT2D eigenvalue weighted by atomic mass is 16.5. The zero-order chi connectivity index (χ0) is 18.5. The molecule has 0 bridgehead atoms. The lowest BCUT2D eigenvalue weighted by Gasteiger charge is -2.03. The fourth-order valence-electron chi connectivity index (χ4n) is 2.65. The van der Waals surface area contributed by atoms with E-state index in [0.29, 0.717) is 18.4 Å². The lowest BCUT2D eigenvalue weighted by Crippen LogP contribution is -2.10. The van der Waals surface area contributed by atoms with Gasteiger partial charge in [-0.05, 0) is 24.1 Å². The van der Waals surface area contributed by atoms with Crippen LogP contribution in [0.3, 0.4) is 0 Å². The summed E-state index contributed by atoms with van der Waals surface area (Å²) in [6.45, 7) is 0. The molecule has 3 N–H and O–H groups in total. The van der Waals surface area contributed by atoms with E-state index in [1.165, 1.54) is 7.11 Å². The van der Waals surface area contributed by atoms with Crippen LogP contribution in [0.2, 0.25) is 0 Å². The van der Waals surface area contributed by atoms with Gasteiger partial charge in [-0.1, -0.05) is 48.5 Å². The lowest BCUT2D eigenvalue weighted by molar-refractivity contribution is -0.140. The molecule has 1 heterocycles. The number of nitrogens with two attached hydrogens (primary N) is 1. The van der Waals surface area contributed by atoms with Gasteiger partial charge in [0, 0.05) is 23.1 Å². The highest BCUT2D eigenvalue weighted by molar-refractivity contribution is 5.95. The average molecular weight is 348 g/mol. The van der Waals surface area contributed by atoms with Crippen molar-refractivity contribution in [1.82, 2.24) is 0 Å². The zero-order valence-corrected chi connectivity index (χ0v) is 14.5. The smallest absolute Gasteiger partial charge is 0.305 e. The molecule has 0 radical (unpaired) electrons. The number of rotatable bonds is 6. The molecular weight excluding hydrogens is 328 g/mol. The first-order valence-corrected chi connectivity index (χ1v) is 8.27. The summed E-state index contributed by atoms with van der Waals surface area (Å²) in [5.74, 6) is 1.37. The van der Waals surface area contributed by atoms with Crippen LogP contribution in [0.25, 0.3) is 22.6 Å². The van der Waals surface area contributed by atoms with Crippen molar-refractivity contribution in [2.45, 2.75) is 12.8 Å². The van der Waals surface area contributed by atoms with Crippen LogP contribution < -0.4 is 5.73 Å². The number of methoxy groups -OCH3 is 1. The number of hydrogen-bond donors (Lipinski definition) is 2. The van der Waals surface area contributed by atoms with Gasteiger partial charge in [0.1, 0.15) is 17.4 Å². The number of nitrogens with one attached hydrogen (secondary N) is 1. The standard InChI is InChI=1S/C21H20N2O3/c1-25-20(24)13-4-14-2-5-15(6-3-14)18-11-12-19(26-18)16-7-9-17(10-8-16)21(22)23/h2-3,5-12H,4,13H2,1H3,(H3,22,23). The highest BCUT2D eigenvalue weighted by Gasteiger charge is 2.08. The molecule has 5 nitrogen and oxygen atoms in total. The van der Waals surface area contributed by atoms with Crippen LogP contribution in [-0.2, 0) is 16.0 Å². The fraction of sp³-hybridized carbons (Fsp3) is 0.143. The number of carbonyl (C=O) groups is 1. The summed E-state index contributed by atoms with van der Waals surface area (Å²) in [4.78, 5) is 11.2. The SMILES string of the molecule is COC(=O)CCc1ccc(-c2ccc(-c3ccc(C(=N)N)cc3)o2)cc1. The van der Waals surface area contributed by atoms with E-state index in [4.69, 9.17) is 15.6 Å². The number of carbonyl (C=O) groups excluding carboxylic acids is 1. The first kappa shape index (κ1) is 17.5. The number of benzene rings is 2. The Balaban J connectivity index is 1.73. The minimum atomic E-state index is -0.208. The predicted molar refractivity (Wildman–Crippen MR) is 101 cm³/mol. The van der Waals surface area contributed by atoms with Crippen molar-refractivity contribution in [2.24, 2.45) is 5.73 Å². The normalized spacial score (nSPS) is 10.5. The third kappa shape index (κ3) is 4.00. The van der Waals surface area contributed by atoms with Crippen molar-refractivity contribution in [3.63, 3.8) is 0 Å². The molecule has 0 fully saturated rings. The van der Waals surface area contributed by atoms with Gasteiger partial charge in [0.05, 0.1) is 7.11 Å². The van der Waals surface area contributed by atoms with Gasteiger partial charge < -0.3 is 14.9 Å². The summed E-state index contributed by atoms with van der Waals surface area (Å²) in [6.07, 6.45) is 1.02. The monoisotopic (exact) mass is 348 g/mol. The molecule has 0 atom stereocenters. The number of amidine groups is 1. The number of ether oxygens (including phenoxy) is 1. The topological polar surface area (TPSA) is 89.3 Å². The van der Waals surface area contributed by atoms with Crippen LogP contribution in [0, 0.1) is 5.41 Å². The predicted octanol–water partition coefficient (Wildman–Crippen LogP) is 4.00. The van der Waals surface area contributed by atoms with Gasteiger partial charge in [0.25, 0.3) is 0 Å². The zero-order valence-electron chi connectivity index (χ0n) is 14.5. The maximum absolute atomic E-state index is 11.2. The van der Waals surface area contributed by atoms with Crippen LogP contribution in [-0.4, -0.2) is 18.9 Å². The second-order valence-electron chi connectivity index (χ2n) is 5.93. The van der Waals surface area contributed by atoms with Crippen molar-refractivity contribution < 1.29 is 13.9 Å². The lowest BCUT2D eigenvalue weighted by atomic mass is 10.1. The van der Waals surface area contributed by atoms with E-state index in [0.717, 1.165) is 28.2 Å². The van der Waals surface area contributed by atoms with Crippen LogP contribution >= 0.6 is 0 Å². The number of nitrogen functional groups attached to an aromatic ring is 1. The molecule has 5 heteroatoms. The minimum absolute atomic E-state index is 0.0453. The van der Waals surface area contributed by atoms with Gasteiger partial charge in [0.15, 0.2) is 0 Å². The van der Waals surface area contributed by atoms with Crippen LogP contribution in [0.4, 0.5) is 0 Å². The van der Waals surface area contributed by atoms with Crippen molar-refractivity contribution in [3.05, 3.63) is 71.8 Å². The first-order valence-electron chi connectivity index (χ1n) is 8.27. The van der Waals surface area contributed by atoms with Gasteiger partial charge in [-0.2, -0.15) is 0 Å². The molecule has 0 spiro atoms. The van der Waals surface area contributed by atoms with Crippen molar-refractivity contribution in [1.29, 1.82) is 5.41 Å². The molecule has 1 aromatic heterocycles. The van der Waals surface area contributed by atoms with E-state index in [2.05, 4.69) is 4.74 Å². The van der Waals surface area contributed by atoms with Crippen molar-refractivity contribution >= 4 is 11.8 Å². The average Bonchev–Trinajstić information content (AvgIpc) is 3.16. The molecule has 2 aromatic carbocycles. The summed E-state index contributed by atoms with van der Waals surface area (Å²) in [6, 6.07) is 19.2. The summed E-state index contributed by atoms with van der Waals surface area (Å²) < 4.78 is 10.6. The molecule has 0 aliphatic rings. The molecule has 0 saturated heterocycles. The number of furan rings is 1. The third-order valence-corrected chi connectivity index (χ3v) is 4.17. The molecule has 0 aliphatic heterocycles. The fourth-order valence-corrected chi connectivity index (χ4v) is 2.65. The summed E-state index contributed by atoms with van der Waals surface area (Å²) in [5.41, 5.74) is 9.13. The molecule has 132 valence electrons. The van der Waals surface area contributed by atoms with E-state index in [9.17, 15) is 4.79 Å². The van der Waals surface area contributed by atoms with Gasteiger partial charge in [-0.3, -0.25) is 10.2 Å². The Bertz CT molecular complexity index is 909. The second kappa shape index (κ2) is 7.70. The first-order chi connectivity index (χ1) is 12.6. The Morgan fingerprint density at radius 1 is 0.962 bits per heavy atom. The molecule has 0 amide bonds. The maximum atomic E-state index is 11.2. The number of aryl methyl sites for hydroxylation is 1. The van der Waals surface area contributed by atoms with Gasteiger partial charge in [-0.15, -0.1) is 0 Å². The molecule has 0 aliphatic carbocycles. The molecule has 3 aromatic rings. The molecule has 0 saturated carbocycles. The van der Waals surface area contributed by atoms with Crippen molar-refractivity contribution in [3.8, 4) is 22.6 Å². The van der Waals surface area contributed by atoms with E-state index in [1.54, 1.807) is 12.1 Å². The quantitative estimate of drug-likeness (QED) is 0.400. The highest BCUT2D eigenvalue weighted by Crippen LogP contribution is 2.29. The van der Waals surface area contributed by atoms with Crippen LogP contribution in [0.1, 0.15) is 17.5 Å². The summed E-state index contributed by atoms with van der Waals surface area (Å²) in [7, 11) is 1.40. The Labute approximate surface area is 151 Å². The van der Waals surface area contributed by atoms with E-state index >= 15 is 0 Å². The van der Waals surface area contributed by atoms with Gasteiger partial charge >= 0.3 is 5.97 Å². The van der Waals surface area contributed by atoms with Gasteiger partial charge in [-0.25, -0.2) is 0 Å². The van der Waals surface area contributed by atoms with Crippen LogP contribution in [0.5, 0.6) is 0 Å². The van der Waals surface area contributed by atoms with E-state index < -0.39 is 0 Å². The van der Waals surface area contributed by atoms with E-state index in [1.807, 2.05) is 48.5 Å². The van der Waals surface area contributed by atoms with E-state index in [-0.39, 0.29) is 11.8 Å².